The first kappa shape index (κ1) is 23.9. The molecule has 0 bridgehead atoms. The summed E-state index contributed by atoms with van der Waals surface area (Å²) in [6.07, 6.45) is -3.06. The number of benzene rings is 2. The van der Waals surface area contributed by atoms with E-state index in [1.54, 1.807) is 17.0 Å². The molecule has 0 spiro atoms. The summed E-state index contributed by atoms with van der Waals surface area (Å²) in [5.74, 6) is -1.96. The second kappa shape index (κ2) is 9.94. The molecule has 2 aromatic carbocycles. The normalized spacial score (nSPS) is 16.1. The monoisotopic (exact) mass is 475 g/mol. The lowest BCUT2D eigenvalue weighted by atomic mass is 9.85. The van der Waals surface area contributed by atoms with E-state index in [2.05, 4.69) is 10.2 Å². The SMILES string of the molecule is CCC(CCO)[C@H]([C@@H](O)c1ccc(F)cc1)N1Cc2ccc(-c3nnc(C(F)F)o3)cc2C1=O. The number of rotatable bonds is 9. The molecule has 3 aromatic rings. The third-order valence-corrected chi connectivity index (χ3v) is 6.22. The second-order valence-electron chi connectivity index (χ2n) is 8.22. The van der Waals surface area contributed by atoms with Crippen LogP contribution in [0.2, 0.25) is 0 Å². The van der Waals surface area contributed by atoms with Crippen LogP contribution in [-0.4, -0.2) is 43.9 Å². The topological polar surface area (TPSA) is 99.7 Å². The predicted molar refractivity (Wildman–Crippen MR) is 115 cm³/mol. The van der Waals surface area contributed by atoms with Gasteiger partial charge in [0.25, 0.3) is 11.8 Å². The highest BCUT2D eigenvalue weighted by Gasteiger charge is 2.40. The van der Waals surface area contributed by atoms with Crippen molar-refractivity contribution in [1.82, 2.24) is 15.1 Å². The molecule has 34 heavy (non-hydrogen) atoms. The maximum Gasteiger partial charge on any atom is 0.314 e. The third kappa shape index (κ3) is 4.55. The number of aliphatic hydroxyl groups excluding tert-OH is 2. The number of carbonyl (C=O) groups is 1. The summed E-state index contributed by atoms with van der Waals surface area (Å²) < 4.78 is 44.0. The highest BCUT2D eigenvalue weighted by molar-refractivity contribution is 5.99. The minimum atomic E-state index is -2.90. The molecule has 2 N–H and O–H groups in total. The van der Waals surface area contributed by atoms with Gasteiger partial charge in [0.1, 0.15) is 5.82 Å². The molecule has 0 saturated heterocycles. The van der Waals surface area contributed by atoms with E-state index < -0.39 is 30.3 Å². The molecule has 0 fully saturated rings. The fourth-order valence-electron chi connectivity index (χ4n) is 4.46. The van der Waals surface area contributed by atoms with E-state index in [4.69, 9.17) is 4.42 Å². The van der Waals surface area contributed by atoms with Crippen molar-refractivity contribution >= 4 is 5.91 Å². The largest absolute Gasteiger partial charge is 0.415 e. The molecule has 0 aliphatic carbocycles. The second-order valence-corrected chi connectivity index (χ2v) is 8.22. The molecule has 2 heterocycles. The van der Waals surface area contributed by atoms with Crippen LogP contribution in [0.15, 0.2) is 46.9 Å². The number of nitrogens with zero attached hydrogens (tertiary/aromatic N) is 3. The summed E-state index contributed by atoms with van der Waals surface area (Å²) in [7, 11) is 0. The molecule has 4 rings (SSSR count). The van der Waals surface area contributed by atoms with Crippen LogP contribution < -0.4 is 0 Å². The molecular weight excluding hydrogens is 451 g/mol. The Kier molecular flexibility index (Phi) is 6.99. The number of halogens is 3. The van der Waals surface area contributed by atoms with Gasteiger partial charge in [0.2, 0.25) is 5.89 Å². The number of hydrogen-bond acceptors (Lipinski definition) is 6. The van der Waals surface area contributed by atoms with Gasteiger partial charge in [-0.15, -0.1) is 10.2 Å². The quantitative estimate of drug-likeness (QED) is 0.479. The Hall–Kier alpha value is -3.24. The van der Waals surface area contributed by atoms with E-state index in [1.165, 1.54) is 30.3 Å². The van der Waals surface area contributed by atoms with Gasteiger partial charge >= 0.3 is 6.43 Å². The van der Waals surface area contributed by atoms with Crippen LogP contribution in [0.5, 0.6) is 0 Å². The zero-order valence-electron chi connectivity index (χ0n) is 18.4. The average molecular weight is 475 g/mol. The van der Waals surface area contributed by atoms with E-state index in [0.717, 1.165) is 0 Å². The lowest BCUT2D eigenvalue weighted by Crippen LogP contribution is -2.45. The van der Waals surface area contributed by atoms with Crippen LogP contribution in [0.1, 0.15) is 59.7 Å². The van der Waals surface area contributed by atoms with Gasteiger partial charge in [-0.2, -0.15) is 8.78 Å². The Morgan fingerprint density at radius 1 is 1.15 bits per heavy atom. The van der Waals surface area contributed by atoms with Crippen molar-refractivity contribution in [2.75, 3.05) is 6.61 Å². The van der Waals surface area contributed by atoms with E-state index in [0.29, 0.717) is 35.1 Å². The molecule has 1 aliphatic heterocycles. The summed E-state index contributed by atoms with van der Waals surface area (Å²) in [4.78, 5) is 15.0. The summed E-state index contributed by atoms with van der Waals surface area (Å²) in [6, 6.07) is 9.55. The molecule has 1 aliphatic rings. The van der Waals surface area contributed by atoms with E-state index >= 15 is 0 Å². The fourth-order valence-corrected chi connectivity index (χ4v) is 4.46. The van der Waals surface area contributed by atoms with Crippen molar-refractivity contribution in [3.05, 3.63) is 70.9 Å². The first-order chi connectivity index (χ1) is 16.3. The maximum atomic E-state index is 13.5. The number of carbonyl (C=O) groups excluding carboxylic acids is 1. The molecule has 10 heteroatoms. The Morgan fingerprint density at radius 3 is 2.50 bits per heavy atom. The van der Waals surface area contributed by atoms with Gasteiger partial charge in [-0.05, 0) is 47.7 Å². The van der Waals surface area contributed by atoms with Crippen molar-refractivity contribution in [3.63, 3.8) is 0 Å². The fraction of sp³-hybridized carbons (Fsp3) is 0.375. The number of amides is 1. The van der Waals surface area contributed by atoms with Crippen LogP contribution in [-0.2, 0) is 6.54 Å². The lowest BCUT2D eigenvalue weighted by Gasteiger charge is -2.37. The molecular formula is C24H24F3N3O4. The summed E-state index contributed by atoms with van der Waals surface area (Å²) in [5.41, 5.74) is 1.81. The van der Waals surface area contributed by atoms with Crippen LogP contribution in [0.25, 0.3) is 11.5 Å². The summed E-state index contributed by atoms with van der Waals surface area (Å²) >= 11 is 0. The molecule has 1 aromatic heterocycles. The van der Waals surface area contributed by atoms with Gasteiger partial charge in [-0.1, -0.05) is 31.5 Å². The highest BCUT2D eigenvalue weighted by atomic mass is 19.3. The predicted octanol–water partition coefficient (Wildman–Crippen LogP) is 4.28. The van der Waals surface area contributed by atoms with Gasteiger partial charge in [0.15, 0.2) is 0 Å². The Labute approximate surface area is 193 Å². The van der Waals surface area contributed by atoms with Crippen LogP contribution in [0.3, 0.4) is 0 Å². The average Bonchev–Trinajstić information content (AvgIpc) is 3.45. The summed E-state index contributed by atoms with van der Waals surface area (Å²) in [6.45, 7) is 2.01. The van der Waals surface area contributed by atoms with Crippen molar-refractivity contribution in [2.45, 2.75) is 44.9 Å². The van der Waals surface area contributed by atoms with Gasteiger partial charge in [-0.25, -0.2) is 4.39 Å². The Balaban J connectivity index is 1.67. The first-order valence-electron chi connectivity index (χ1n) is 10.9. The van der Waals surface area contributed by atoms with Crippen molar-refractivity contribution in [3.8, 4) is 11.5 Å². The molecule has 1 unspecified atom stereocenters. The highest BCUT2D eigenvalue weighted by Crippen LogP contribution is 2.37. The Bertz CT molecular complexity index is 1150. The molecule has 0 radical (unpaired) electrons. The van der Waals surface area contributed by atoms with Gasteiger partial charge < -0.3 is 19.5 Å². The minimum absolute atomic E-state index is 0.117. The third-order valence-electron chi connectivity index (χ3n) is 6.22. The summed E-state index contributed by atoms with van der Waals surface area (Å²) in [5, 5.41) is 27.8. The van der Waals surface area contributed by atoms with Crippen LogP contribution >= 0.6 is 0 Å². The zero-order chi connectivity index (χ0) is 24.4. The first-order valence-corrected chi connectivity index (χ1v) is 10.9. The van der Waals surface area contributed by atoms with Crippen molar-refractivity contribution in [1.29, 1.82) is 0 Å². The number of hydrogen-bond donors (Lipinski definition) is 2. The van der Waals surface area contributed by atoms with E-state index in [1.807, 2.05) is 6.92 Å². The standard InChI is InChI=1S/C24H24F3N3O4/c1-2-13(9-10-31)19(20(32)14-5-7-17(25)8-6-14)30-12-16-4-3-15(11-18(16)24(30)33)22-28-29-23(34-22)21(26)27/h3-8,11,13,19-21,31-32H,2,9-10,12H2,1H3/t13?,19-,20+/m1/s1. The lowest BCUT2D eigenvalue weighted by molar-refractivity contribution is 0.00879. The number of aliphatic hydroxyl groups is 2. The van der Waals surface area contributed by atoms with Gasteiger partial charge in [0, 0.05) is 24.3 Å². The van der Waals surface area contributed by atoms with Gasteiger partial charge in [0.05, 0.1) is 12.1 Å². The minimum Gasteiger partial charge on any atom is -0.415 e. The molecule has 1 amide bonds. The number of aromatic nitrogens is 2. The number of fused-ring (bicyclic) bond motifs is 1. The molecule has 7 nitrogen and oxygen atoms in total. The number of alkyl halides is 2. The van der Waals surface area contributed by atoms with Crippen molar-refractivity contribution in [2.24, 2.45) is 5.92 Å². The van der Waals surface area contributed by atoms with E-state index in [-0.39, 0.29) is 30.9 Å². The molecule has 3 atom stereocenters. The van der Waals surface area contributed by atoms with Gasteiger partial charge in [-0.3, -0.25) is 4.79 Å². The Morgan fingerprint density at radius 2 is 1.88 bits per heavy atom. The van der Waals surface area contributed by atoms with E-state index in [9.17, 15) is 28.2 Å². The van der Waals surface area contributed by atoms with Crippen LogP contribution in [0, 0.1) is 11.7 Å². The molecule has 180 valence electrons. The van der Waals surface area contributed by atoms with Crippen LogP contribution in [0.4, 0.5) is 13.2 Å². The van der Waals surface area contributed by atoms with Crippen molar-refractivity contribution < 1.29 is 32.6 Å². The zero-order valence-corrected chi connectivity index (χ0v) is 18.4. The molecule has 0 saturated carbocycles. The maximum absolute atomic E-state index is 13.5. The smallest absolute Gasteiger partial charge is 0.314 e.